The van der Waals surface area contributed by atoms with Crippen molar-refractivity contribution >= 4 is 72.5 Å². The van der Waals surface area contributed by atoms with Gasteiger partial charge in [-0.3, -0.25) is 14.2 Å². The lowest BCUT2D eigenvalue weighted by Crippen LogP contribution is -2.42. The molecule has 1 amide bonds. The van der Waals surface area contributed by atoms with Crippen molar-refractivity contribution < 1.29 is 22.7 Å². The van der Waals surface area contributed by atoms with Crippen molar-refractivity contribution in [3.05, 3.63) is 68.7 Å². The van der Waals surface area contributed by atoms with Gasteiger partial charge in [0.05, 0.1) is 30.8 Å². The Hall–Kier alpha value is -2.44. The number of ether oxygens (including phenoxy) is 1. The monoisotopic (exact) mass is 642 g/mol. The molecule has 38 heavy (non-hydrogen) atoms. The molecule has 1 aromatic heterocycles. The molecule has 202 valence electrons. The van der Waals surface area contributed by atoms with Gasteiger partial charge in [0.1, 0.15) is 5.54 Å². The Morgan fingerprint density at radius 2 is 1.79 bits per heavy atom. The maximum Gasteiger partial charge on any atom is 0.319 e. The molecule has 1 aliphatic rings. The number of carbonyl (C=O) groups is 2. The quantitative estimate of drug-likeness (QED) is 0.252. The lowest BCUT2D eigenvalue weighted by Gasteiger charge is -2.26. The van der Waals surface area contributed by atoms with E-state index in [0.717, 1.165) is 10.0 Å². The zero-order valence-electron chi connectivity index (χ0n) is 20.4. The predicted octanol–water partition coefficient (Wildman–Crippen LogP) is 4.64. The number of halogens is 3. The number of imidazole rings is 1. The van der Waals surface area contributed by atoms with Gasteiger partial charge in [0, 0.05) is 20.9 Å². The van der Waals surface area contributed by atoms with Gasteiger partial charge in [-0.1, -0.05) is 51.3 Å². The number of carbonyl (C=O) groups excluding carboxylic acids is 2. The van der Waals surface area contributed by atoms with Crippen LogP contribution in [0.15, 0.2) is 58.2 Å². The molecule has 1 aliphatic heterocycles. The number of benzene rings is 2. The van der Waals surface area contributed by atoms with E-state index >= 15 is 0 Å². The second kappa shape index (κ2) is 11.4. The number of unbranched alkanes of at least 4 members (excludes halogenated alkanes) is 1. The largest absolute Gasteiger partial charge is 0.465 e. The highest BCUT2D eigenvalue weighted by atomic mass is 79.9. The van der Waals surface area contributed by atoms with Crippen LogP contribution in [-0.4, -0.2) is 48.7 Å². The molecule has 2 aromatic carbocycles. The van der Waals surface area contributed by atoms with Crippen LogP contribution >= 0.6 is 39.1 Å². The minimum Gasteiger partial charge on any atom is -0.465 e. The smallest absolute Gasteiger partial charge is 0.319 e. The number of fused-ring (bicyclic) bond motifs is 1. The third-order valence-corrected chi connectivity index (χ3v) is 8.91. The highest BCUT2D eigenvalue weighted by Crippen LogP contribution is 2.44. The fraction of sp³-hybridized carbons (Fsp3) is 0.320. The normalized spacial score (nSPS) is 17.1. The van der Waals surface area contributed by atoms with Crippen molar-refractivity contribution in [2.75, 3.05) is 23.8 Å². The third-order valence-electron chi connectivity index (χ3n) is 6.19. The lowest BCUT2D eigenvalue weighted by atomic mass is 9.92. The van der Waals surface area contributed by atoms with Crippen molar-refractivity contribution in [1.82, 2.24) is 9.55 Å². The van der Waals surface area contributed by atoms with Crippen molar-refractivity contribution in [3.8, 4) is 0 Å². The van der Waals surface area contributed by atoms with E-state index in [-0.39, 0.29) is 48.6 Å². The number of hydrogen-bond donors (Lipinski definition) is 1. The topological polar surface area (TPSA) is 125 Å². The van der Waals surface area contributed by atoms with Crippen LogP contribution in [-0.2, 0) is 36.1 Å². The molecular formula is C25H25BrCl2N4O5S. The molecule has 13 heteroatoms. The molecular weight excluding hydrogens is 619 g/mol. The molecule has 4 rings (SSSR count). The summed E-state index contributed by atoms with van der Waals surface area (Å²) in [5.41, 5.74) is 5.11. The molecule has 2 heterocycles. The van der Waals surface area contributed by atoms with Crippen LogP contribution in [0.3, 0.4) is 0 Å². The zero-order valence-corrected chi connectivity index (χ0v) is 24.3. The number of aromatic nitrogens is 2. The molecule has 1 atom stereocenters. The SMILES string of the molecule is CC1(Cc2ccc(Br)cc2)C(=O)N(c2cc(Cl)cc(Cl)c2)c2ncc(S(=O)(=O)CCCCOC(=O)CN)n21. The Morgan fingerprint density at radius 1 is 1.13 bits per heavy atom. The summed E-state index contributed by atoms with van der Waals surface area (Å²) in [7, 11) is -3.87. The first kappa shape index (κ1) is 28.6. The van der Waals surface area contributed by atoms with E-state index in [1.54, 1.807) is 25.1 Å². The molecule has 0 spiro atoms. The fourth-order valence-electron chi connectivity index (χ4n) is 4.39. The van der Waals surface area contributed by atoms with Gasteiger partial charge in [0.25, 0.3) is 5.91 Å². The van der Waals surface area contributed by atoms with Crippen LogP contribution in [0.4, 0.5) is 11.6 Å². The molecule has 2 N–H and O–H groups in total. The molecule has 3 aromatic rings. The minimum absolute atomic E-state index is 0.0686. The Labute approximate surface area is 238 Å². The zero-order chi connectivity index (χ0) is 27.7. The molecule has 0 saturated carbocycles. The lowest BCUT2D eigenvalue weighted by molar-refractivity contribution is -0.142. The highest BCUT2D eigenvalue weighted by Gasteiger charge is 2.51. The van der Waals surface area contributed by atoms with E-state index in [2.05, 4.69) is 20.9 Å². The van der Waals surface area contributed by atoms with E-state index < -0.39 is 21.3 Å². The van der Waals surface area contributed by atoms with Crippen LogP contribution in [0, 0.1) is 0 Å². The van der Waals surface area contributed by atoms with Gasteiger partial charge in [-0.15, -0.1) is 0 Å². The van der Waals surface area contributed by atoms with Gasteiger partial charge in [0.2, 0.25) is 5.95 Å². The number of rotatable bonds is 10. The van der Waals surface area contributed by atoms with Crippen LogP contribution in [0.25, 0.3) is 0 Å². The molecule has 0 radical (unpaired) electrons. The predicted molar refractivity (Wildman–Crippen MR) is 149 cm³/mol. The second-order valence-corrected chi connectivity index (χ2v) is 12.9. The number of amides is 1. The van der Waals surface area contributed by atoms with Gasteiger partial charge < -0.3 is 10.5 Å². The summed E-state index contributed by atoms with van der Waals surface area (Å²) < 4.78 is 34.2. The van der Waals surface area contributed by atoms with E-state index in [1.807, 2.05) is 24.3 Å². The first-order chi connectivity index (χ1) is 18.0. The van der Waals surface area contributed by atoms with Crippen LogP contribution in [0.2, 0.25) is 10.0 Å². The number of nitrogens with two attached hydrogens (primary N) is 1. The van der Waals surface area contributed by atoms with Crippen LogP contribution in [0.1, 0.15) is 25.3 Å². The molecule has 9 nitrogen and oxygen atoms in total. The molecule has 0 saturated heterocycles. The first-order valence-corrected chi connectivity index (χ1v) is 14.9. The summed E-state index contributed by atoms with van der Waals surface area (Å²) in [6, 6.07) is 12.2. The number of anilines is 2. The highest BCUT2D eigenvalue weighted by molar-refractivity contribution is 9.10. The van der Waals surface area contributed by atoms with Crippen LogP contribution < -0.4 is 10.6 Å². The summed E-state index contributed by atoms with van der Waals surface area (Å²) in [4.78, 5) is 31.0. The second-order valence-electron chi connectivity index (χ2n) is 9.03. The van der Waals surface area contributed by atoms with E-state index in [4.69, 9.17) is 33.7 Å². The Balaban J connectivity index is 1.73. The van der Waals surface area contributed by atoms with Gasteiger partial charge in [-0.05, 0) is 55.7 Å². The van der Waals surface area contributed by atoms with Crippen molar-refractivity contribution in [3.63, 3.8) is 0 Å². The Bertz CT molecular complexity index is 1460. The van der Waals surface area contributed by atoms with E-state index in [0.29, 0.717) is 22.2 Å². The summed E-state index contributed by atoms with van der Waals surface area (Å²) in [6.45, 7) is 1.53. The third kappa shape index (κ3) is 5.76. The van der Waals surface area contributed by atoms with Crippen LogP contribution in [0.5, 0.6) is 0 Å². The van der Waals surface area contributed by atoms with E-state index in [9.17, 15) is 18.0 Å². The summed E-state index contributed by atoms with van der Waals surface area (Å²) in [5, 5.41) is 0.571. The van der Waals surface area contributed by atoms with Crippen molar-refractivity contribution in [1.29, 1.82) is 0 Å². The van der Waals surface area contributed by atoms with Crippen molar-refractivity contribution in [2.45, 2.75) is 36.8 Å². The van der Waals surface area contributed by atoms with Gasteiger partial charge in [-0.25, -0.2) is 18.3 Å². The average molecular weight is 644 g/mol. The number of nitrogens with zero attached hydrogens (tertiary/aromatic N) is 3. The average Bonchev–Trinajstić information content (AvgIpc) is 3.38. The number of esters is 1. The van der Waals surface area contributed by atoms with Gasteiger partial charge >= 0.3 is 5.97 Å². The first-order valence-electron chi connectivity index (χ1n) is 11.7. The Kier molecular flexibility index (Phi) is 8.53. The maximum atomic E-state index is 14.0. The number of hydrogen-bond acceptors (Lipinski definition) is 7. The molecule has 0 bridgehead atoms. The van der Waals surface area contributed by atoms with Crippen molar-refractivity contribution in [2.24, 2.45) is 5.73 Å². The maximum absolute atomic E-state index is 14.0. The molecule has 0 aliphatic carbocycles. The van der Waals surface area contributed by atoms with Gasteiger partial charge in [0.15, 0.2) is 14.9 Å². The Morgan fingerprint density at radius 3 is 2.42 bits per heavy atom. The fourth-order valence-corrected chi connectivity index (χ4v) is 6.74. The van der Waals surface area contributed by atoms with E-state index in [1.165, 1.54) is 15.7 Å². The molecule has 1 unspecified atom stereocenters. The summed E-state index contributed by atoms with van der Waals surface area (Å²) in [6.07, 6.45) is 2.06. The minimum atomic E-state index is -3.87. The van der Waals surface area contributed by atoms with Gasteiger partial charge in [-0.2, -0.15) is 0 Å². The standard InChI is InChI=1S/C25H25BrCl2N4O5S/c1-25(13-16-4-6-17(26)7-5-16)23(34)31(20-11-18(27)10-19(28)12-20)24-30-15-21(32(24)25)38(35,36)9-3-2-8-37-22(33)14-29/h4-7,10-12,15H,2-3,8-9,13-14,29H2,1H3. The summed E-state index contributed by atoms with van der Waals surface area (Å²) >= 11 is 15.9. The molecule has 0 fully saturated rings. The number of sulfone groups is 1. The summed E-state index contributed by atoms with van der Waals surface area (Å²) in [5.74, 6) is -0.982.